The first-order valence-electron chi connectivity index (χ1n) is 15.7. The van der Waals surface area contributed by atoms with E-state index in [1.165, 1.54) is 31.9 Å². The second-order valence-electron chi connectivity index (χ2n) is 11.5. The molecule has 0 aliphatic carbocycles. The van der Waals surface area contributed by atoms with Crippen LogP contribution in [0.1, 0.15) is 23.1 Å². The summed E-state index contributed by atoms with van der Waals surface area (Å²) < 4.78 is 66.1. The van der Waals surface area contributed by atoms with Crippen molar-refractivity contribution in [2.45, 2.75) is 52.9 Å². The first kappa shape index (κ1) is 39.2. The maximum absolute atomic E-state index is 13.3. The Bertz CT molecular complexity index is 1720. The van der Waals surface area contributed by atoms with E-state index in [0.29, 0.717) is 5.56 Å². The molecule has 0 unspecified atom stereocenters. The zero-order chi connectivity index (χ0) is 36.1. The summed E-state index contributed by atoms with van der Waals surface area (Å²) in [7, 11) is 4.07. The van der Waals surface area contributed by atoms with Crippen LogP contribution in [0.2, 0.25) is 0 Å². The van der Waals surface area contributed by atoms with E-state index in [1.807, 2.05) is 12.1 Å². The molecule has 50 heavy (non-hydrogen) atoms. The van der Waals surface area contributed by atoms with Crippen LogP contribution in [-0.4, -0.2) is 43.5 Å². The van der Waals surface area contributed by atoms with E-state index in [-0.39, 0.29) is 10.9 Å². The summed E-state index contributed by atoms with van der Waals surface area (Å²) in [6.45, 7) is 5.38. The van der Waals surface area contributed by atoms with Crippen molar-refractivity contribution >= 4 is 33.7 Å². The number of alkyl halides is 4. The van der Waals surface area contributed by atoms with Crippen LogP contribution in [0.3, 0.4) is 0 Å². The van der Waals surface area contributed by atoms with Crippen LogP contribution in [0.5, 0.6) is 5.75 Å². The molecular weight excluding hydrogens is 691 g/mol. The van der Waals surface area contributed by atoms with Gasteiger partial charge >= 0.3 is 11.4 Å². The molecule has 5 aromatic carbocycles. The molecule has 0 aliphatic heterocycles. The lowest BCUT2D eigenvalue weighted by Gasteiger charge is -2.24. The van der Waals surface area contributed by atoms with Crippen LogP contribution in [0.25, 0.3) is 10.8 Å². The molecule has 0 N–H and O–H groups in total. The van der Waals surface area contributed by atoms with Crippen LogP contribution < -0.4 is 9.99 Å². The van der Waals surface area contributed by atoms with Gasteiger partial charge in [0.1, 0.15) is 17.8 Å². The number of rotatable bonds is 15. The van der Waals surface area contributed by atoms with Gasteiger partial charge in [-0.3, -0.25) is 5.04 Å². The second kappa shape index (κ2) is 18.6. The SMILES string of the molecule is Cc1cc([S+](c2ccccc2)c2ccccc2)cc(C)c1OCCCN(C)C.[O-]OOSC(F)(F)C(F)(F)OCc1ccc2ccccc2c1. The lowest BCUT2D eigenvalue weighted by atomic mass is 10.1. The average Bonchev–Trinajstić information content (AvgIpc) is 3.10. The van der Waals surface area contributed by atoms with E-state index >= 15 is 0 Å². The number of nitrogens with zero attached hydrogens (tertiary/aromatic N) is 1. The number of hydrogen-bond donors (Lipinski definition) is 0. The molecular formula is C38H39F4NO5S2. The summed E-state index contributed by atoms with van der Waals surface area (Å²) >= 11 is -1.12. The highest BCUT2D eigenvalue weighted by Crippen LogP contribution is 2.45. The minimum absolute atomic E-state index is 0.119. The van der Waals surface area contributed by atoms with Gasteiger partial charge in [-0.2, -0.15) is 21.9 Å². The van der Waals surface area contributed by atoms with Gasteiger partial charge in [-0.25, -0.2) is 0 Å². The van der Waals surface area contributed by atoms with Crippen molar-refractivity contribution in [3.05, 3.63) is 132 Å². The Morgan fingerprint density at radius 1 is 0.720 bits per heavy atom. The summed E-state index contributed by atoms with van der Waals surface area (Å²) in [5, 5.41) is 8.92. The molecule has 266 valence electrons. The van der Waals surface area contributed by atoms with E-state index in [1.54, 1.807) is 24.3 Å². The fraction of sp³-hybridized carbons (Fsp3) is 0.263. The van der Waals surface area contributed by atoms with Crippen molar-refractivity contribution in [2.75, 3.05) is 27.2 Å². The maximum atomic E-state index is 13.3. The number of halogens is 4. The van der Waals surface area contributed by atoms with Gasteiger partial charge in [0, 0.05) is 18.7 Å². The fourth-order valence-corrected chi connectivity index (χ4v) is 7.56. The summed E-state index contributed by atoms with van der Waals surface area (Å²) in [5.41, 5.74) is 2.72. The van der Waals surface area contributed by atoms with Gasteiger partial charge in [-0.15, -0.1) is 0 Å². The Balaban J connectivity index is 0.000000232. The third-order valence-corrected chi connectivity index (χ3v) is 10.1. The number of fused-ring (bicyclic) bond motifs is 1. The van der Waals surface area contributed by atoms with E-state index < -0.39 is 30.0 Å². The number of benzene rings is 5. The maximum Gasteiger partial charge on any atom is 0.432 e. The first-order valence-corrected chi connectivity index (χ1v) is 17.6. The van der Waals surface area contributed by atoms with Crippen molar-refractivity contribution in [2.24, 2.45) is 0 Å². The van der Waals surface area contributed by atoms with Crippen molar-refractivity contribution in [1.82, 2.24) is 4.90 Å². The molecule has 5 aromatic rings. The Morgan fingerprint density at radius 2 is 1.28 bits per heavy atom. The topological polar surface area (TPSA) is 63.2 Å². The van der Waals surface area contributed by atoms with E-state index in [2.05, 4.69) is 120 Å². The highest BCUT2D eigenvalue weighted by molar-refractivity contribution is 7.97. The van der Waals surface area contributed by atoms with Crippen LogP contribution >= 0.6 is 12.0 Å². The molecule has 0 atom stereocenters. The highest BCUT2D eigenvalue weighted by Gasteiger charge is 2.60. The van der Waals surface area contributed by atoms with Crippen molar-refractivity contribution in [1.29, 1.82) is 0 Å². The molecule has 0 fully saturated rings. The van der Waals surface area contributed by atoms with E-state index in [0.717, 1.165) is 36.1 Å². The molecule has 0 spiro atoms. The fourth-order valence-electron chi connectivity index (χ4n) is 5.02. The number of hydrogen-bond acceptors (Lipinski definition) is 7. The summed E-state index contributed by atoms with van der Waals surface area (Å²) in [5.74, 6) is 1.03. The summed E-state index contributed by atoms with van der Waals surface area (Å²) in [6.07, 6.45) is -3.81. The molecule has 0 aromatic heterocycles. The van der Waals surface area contributed by atoms with Crippen molar-refractivity contribution < 1.29 is 41.7 Å². The highest BCUT2D eigenvalue weighted by atomic mass is 32.2. The lowest BCUT2D eigenvalue weighted by molar-refractivity contribution is -0.777. The van der Waals surface area contributed by atoms with Gasteiger partial charge in [0.05, 0.1) is 24.1 Å². The second-order valence-corrected chi connectivity index (χ2v) is 14.4. The Labute approximate surface area is 297 Å². The van der Waals surface area contributed by atoms with Gasteiger partial charge in [0.25, 0.3) is 0 Å². The molecule has 5 rings (SSSR count). The van der Waals surface area contributed by atoms with Crippen molar-refractivity contribution in [3.63, 3.8) is 0 Å². The van der Waals surface area contributed by atoms with Gasteiger partial charge in [-0.05, 0) is 92.2 Å². The molecule has 12 heteroatoms. The molecule has 0 saturated heterocycles. The standard InChI is InChI=1S/C25H30NOS.C13H10F4O4S/c1-20-18-24(19-21(2)25(20)27-17-11-16-26(3)4)28(22-12-7-5-8-13-22)23-14-9-6-10-15-23;14-12(15,13(16,17)22-21-20-18)19-8-9-5-6-10-3-1-2-4-11(10)7-9/h5-10,12-15,18-19H,11,16-17H2,1-4H3;1-7,18H,8H2/q+1;/p-1. The third-order valence-electron chi connectivity index (χ3n) is 7.36. The molecule has 0 amide bonds. The van der Waals surface area contributed by atoms with Crippen molar-refractivity contribution in [3.8, 4) is 5.75 Å². The quantitative estimate of drug-likeness (QED) is 0.0266. The Kier molecular flexibility index (Phi) is 14.5. The number of ether oxygens (including phenoxy) is 2. The molecule has 0 heterocycles. The summed E-state index contributed by atoms with van der Waals surface area (Å²) in [6, 6.07) is 38.0. The van der Waals surface area contributed by atoms with Gasteiger partial charge in [-0.1, -0.05) is 72.8 Å². The van der Waals surface area contributed by atoms with E-state index in [9.17, 15) is 22.8 Å². The van der Waals surface area contributed by atoms with Gasteiger partial charge in [0.2, 0.25) is 0 Å². The summed E-state index contributed by atoms with van der Waals surface area (Å²) in [4.78, 5) is 6.21. The predicted molar refractivity (Wildman–Crippen MR) is 188 cm³/mol. The minimum atomic E-state index is -4.85. The molecule has 0 aliphatic rings. The molecule has 0 saturated carbocycles. The van der Waals surface area contributed by atoms with E-state index in [4.69, 9.17) is 4.74 Å². The minimum Gasteiger partial charge on any atom is -0.691 e. The lowest BCUT2D eigenvalue weighted by Crippen LogP contribution is -2.40. The van der Waals surface area contributed by atoms with Crippen LogP contribution in [-0.2, 0) is 31.6 Å². The first-order chi connectivity index (χ1) is 23.9. The van der Waals surface area contributed by atoms with Gasteiger partial charge < -0.3 is 19.6 Å². The zero-order valence-corrected chi connectivity index (χ0v) is 29.7. The largest absolute Gasteiger partial charge is 0.691 e. The normalized spacial score (nSPS) is 11.9. The average molecular weight is 730 g/mol. The molecule has 6 nitrogen and oxygen atoms in total. The Hall–Kier alpha value is -3.62. The predicted octanol–water partition coefficient (Wildman–Crippen LogP) is 9.14. The van der Waals surface area contributed by atoms with Crippen LogP contribution in [0.15, 0.2) is 130 Å². The van der Waals surface area contributed by atoms with Crippen LogP contribution in [0.4, 0.5) is 17.6 Å². The smallest absolute Gasteiger partial charge is 0.432 e. The van der Waals surface area contributed by atoms with Gasteiger partial charge in [0.15, 0.2) is 14.7 Å². The zero-order valence-electron chi connectivity index (χ0n) is 28.1. The monoisotopic (exact) mass is 729 g/mol. The Morgan fingerprint density at radius 3 is 1.84 bits per heavy atom. The van der Waals surface area contributed by atoms with Crippen LogP contribution in [0, 0.1) is 13.8 Å². The number of aryl methyl sites for hydroxylation is 2. The molecule has 0 radical (unpaired) electrons. The molecule has 0 bridgehead atoms. The third kappa shape index (κ3) is 10.9.